The minimum atomic E-state index is 0.174. The number of hydrogen-bond donors (Lipinski definition) is 1. The molecule has 0 amide bonds. The monoisotopic (exact) mass is 393 g/mol. The first-order valence-electron chi connectivity index (χ1n) is 6.42. The van der Waals surface area contributed by atoms with Crippen LogP contribution >= 0.6 is 31.9 Å². The van der Waals surface area contributed by atoms with Crippen LogP contribution in [0.25, 0.3) is 0 Å². The number of halogens is 2. The van der Waals surface area contributed by atoms with Crippen molar-refractivity contribution < 1.29 is 0 Å². The van der Waals surface area contributed by atoms with Crippen LogP contribution in [0, 0.1) is 0 Å². The van der Waals surface area contributed by atoms with Gasteiger partial charge < -0.3 is 5.32 Å². The van der Waals surface area contributed by atoms with Gasteiger partial charge >= 0.3 is 0 Å². The summed E-state index contributed by atoms with van der Waals surface area (Å²) >= 11 is 7.01. The number of aliphatic imine (C=N–C) groups is 1. The van der Waals surface area contributed by atoms with Gasteiger partial charge in [0.25, 0.3) is 0 Å². The Hall–Kier alpha value is -1.20. The second-order valence-corrected chi connectivity index (χ2v) is 6.40. The van der Waals surface area contributed by atoms with Gasteiger partial charge in [0, 0.05) is 21.6 Å². The van der Waals surface area contributed by atoms with Crippen LogP contribution in [-0.4, -0.2) is 10.8 Å². The summed E-state index contributed by atoms with van der Waals surface area (Å²) in [5.41, 5.74) is 2.08. The van der Waals surface area contributed by atoms with Crippen LogP contribution in [0.3, 0.4) is 0 Å². The fraction of sp³-hybridized carbons (Fsp3) is 0.200. The fourth-order valence-corrected chi connectivity index (χ4v) is 3.37. The molecule has 1 aliphatic heterocycles. The summed E-state index contributed by atoms with van der Waals surface area (Å²) in [6.45, 7) is 0. The number of amidine groups is 1. The molecular formula is C15H13Br2N3. The summed E-state index contributed by atoms with van der Waals surface area (Å²) in [5, 5.41) is 3.39. The summed E-state index contributed by atoms with van der Waals surface area (Å²) in [7, 11) is 0. The third kappa shape index (κ3) is 3.10. The SMILES string of the molecule is Brc1ccc(NC2=NC(c3ccccn3)CC2)c(Br)c1. The van der Waals surface area contributed by atoms with E-state index in [0.717, 1.165) is 39.0 Å². The van der Waals surface area contributed by atoms with Gasteiger partial charge in [0.1, 0.15) is 5.84 Å². The Morgan fingerprint density at radius 2 is 2.05 bits per heavy atom. The summed E-state index contributed by atoms with van der Waals surface area (Å²) in [6, 6.07) is 12.2. The Labute approximate surface area is 134 Å². The maximum absolute atomic E-state index is 4.73. The largest absolute Gasteiger partial charge is 0.343 e. The second-order valence-electron chi connectivity index (χ2n) is 4.63. The predicted octanol–water partition coefficient (Wildman–Crippen LogP) is 4.95. The Balaban J connectivity index is 1.76. The number of anilines is 1. The molecule has 3 nitrogen and oxygen atoms in total. The van der Waals surface area contributed by atoms with Crippen LogP contribution in [-0.2, 0) is 0 Å². The maximum atomic E-state index is 4.73. The van der Waals surface area contributed by atoms with Crippen LogP contribution in [0.15, 0.2) is 56.5 Å². The first-order chi connectivity index (χ1) is 9.72. The third-order valence-electron chi connectivity index (χ3n) is 3.21. The minimum absolute atomic E-state index is 0.174. The lowest BCUT2D eigenvalue weighted by Crippen LogP contribution is -2.08. The van der Waals surface area contributed by atoms with E-state index < -0.39 is 0 Å². The molecule has 0 bridgehead atoms. The first kappa shape index (κ1) is 13.8. The topological polar surface area (TPSA) is 37.3 Å². The smallest absolute Gasteiger partial charge is 0.102 e. The molecule has 0 fully saturated rings. The van der Waals surface area contributed by atoms with E-state index in [0.29, 0.717) is 0 Å². The van der Waals surface area contributed by atoms with Gasteiger partial charge in [-0.25, -0.2) is 0 Å². The second kappa shape index (κ2) is 6.06. The lowest BCUT2D eigenvalue weighted by molar-refractivity contribution is 0.699. The maximum Gasteiger partial charge on any atom is 0.102 e. The Kier molecular flexibility index (Phi) is 4.17. The number of benzene rings is 1. The molecule has 1 aliphatic rings. The van der Waals surface area contributed by atoms with E-state index in [-0.39, 0.29) is 6.04 Å². The highest BCUT2D eigenvalue weighted by Gasteiger charge is 2.20. The Bertz CT molecular complexity index is 641. The molecule has 1 N–H and O–H groups in total. The van der Waals surface area contributed by atoms with E-state index in [4.69, 9.17) is 4.99 Å². The van der Waals surface area contributed by atoms with Gasteiger partial charge in [-0.2, -0.15) is 0 Å². The molecule has 102 valence electrons. The molecule has 20 heavy (non-hydrogen) atoms. The van der Waals surface area contributed by atoms with Crippen LogP contribution in [0.2, 0.25) is 0 Å². The molecule has 5 heteroatoms. The zero-order valence-electron chi connectivity index (χ0n) is 10.7. The van der Waals surface area contributed by atoms with E-state index >= 15 is 0 Å². The lowest BCUT2D eigenvalue weighted by atomic mass is 10.1. The first-order valence-corrected chi connectivity index (χ1v) is 8.00. The number of aromatic nitrogens is 1. The average Bonchev–Trinajstić information content (AvgIpc) is 2.92. The number of pyridine rings is 1. The van der Waals surface area contributed by atoms with Crippen molar-refractivity contribution in [3.63, 3.8) is 0 Å². The summed E-state index contributed by atoms with van der Waals surface area (Å²) in [6.07, 6.45) is 3.78. The van der Waals surface area contributed by atoms with E-state index in [1.807, 2.05) is 42.6 Å². The highest BCUT2D eigenvalue weighted by atomic mass is 79.9. The normalized spacial score (nSPS) is 17.9. The van der Waals surface area contributed by atoms with Crippen molar-refractivity contribution in [3.8, 4) is 0 Å². The number of nitrogens with one attached hydrogen (secondary N) is 1. The van der Waals surface area contributed by atoms with Gasteiger partial charge in [-0.1, -0.05) is 22.0 Å². The molecule has 1 aromatic carbocycles. The van der Waals surface area contributed by atoms with Gasteiger partial charge in [-0.15, -0.1) is 0 Å². The van der Waals surface area contributed by atoms with Crippen molar-refractivity contribution in [2.24, 2.45) is 4.99 Å². The summed E-state index contributed by atoms with van der Waals surface area (Å²) < 4.78 is 2.07. The van der Waals surface area contributed by atoms with E-state index in [1.165, 1.54) is 0 Å². The number of rotatable bonds is 2. The lowest BCUT2D eigenvalue weighted by Gasteiger charge is -2.08. The molecule has 0 saturated heterocycles. The van der Waals surface area contributed by atoms with Gasteiger partial charge in [0.2, 0.25) is 0 Å². The number of hydrogen-bond acceptors (Lipinski definition) is 3. The summed E-state index contributed by atoms with van der Waals surface area (Å²) in [5.74, 6) is 1.02. The third-order valence-corrected chi connectivity index (χ3v) is 4.35. The van der Waals surface area contributed by atoms with Crippen LogP contribution < -0.4 is 5.32 Å². The molecule has 1 unspecified atom stereocenters. The quantitative estimate of drug-likeness (QED) is 0.782. The highest BCUT2D eigenvalue weighted by Crippen LogP contribution is 2.30. The molecule has 1 atom stereocenters. The molecule has 2 heterocycles. The molecule has 2 aromatic rings. The van der Waals surface area contributed by atoms with Crippen molar-refractivity contribution >= 4 is 43.4 Å². The fourth-order valence-electron chi connectivity index (χ4n) is 2.22. The van der Waals surface area contributed by atoms with E-state index in [2.05, 4.69) is 42.2 Å². The Morgan fingerprint density at radius 1 is 1.15 bits per heavy atom. The predicted molar refractivity (Wildman–Crippen MR) is 89.1 cm³/mol. The zero-order valence-corrected chi connectivity index (χ0v) is 13.9. The van der Waals surface area contributed by atoms with Gasteiger partial charge in [-0.3, -0.25) is 9.98 Å². The van der Waals surface area contributed by atoms with Crippen LogP contribution in [0.4, 0.5) is 5.69 Å². The Morgan fingerprint density at radius 3 is 2.80 bits per heavy atom. The minimum Gasteiger partial charge on any atom is -0.343 e. The molecule has 0 spiro atoms. The van der Waals surface area contributed by atoms with Crippen LogP contribution in [0.5, 0.6) is 0 Å². The molecule has 3 rings (SSSR count). The van der Waals surface area contributed by atoms with Crippen LogP contribution in [0.1, 0.15) is 24.6 Å². The summed E-state index contributed by atoms with van der Waals surface area (Å²) in [4.78, 5) is 9.11. The van der Waals surface area contributed by atoms with Crippen molar-refractivity contribution in [2.45, 2.75) is 18.9 Å². The standard InChI is InChI=1S/C15H13Br2N3/c16-10-4-5-12(11(17)9-10)19-15-7-6-14(20-15)13-3-1-2-8-18-13/h1-5,8-9,14H,6-7H2,(H,19,20). The number of nitrogens with zero attached hydrogens (tertiary/aromatic N) is 2. The molecule has 0 radical (unpaired) electrons. The molecule has 1 aromatic heterocycles. The van der Waals surface area contributed by atoms with E-state index in [1.54, 1.807) is 0 Å². The van der Waals surface area contributed by atoms with Crippen molar-refractivity contribution in [1.82, 2.24) is 4.98 Å². The van der Waals surface area contributed by atoms with Gasteiger partial charge in [0.05, 0.1) is 17.4 Å². The zero-order chi connectivity index (χ0) is 13.9. The molecule has 0 saturated carbocycles. The van der Waals surface area contributed by atoms with E-state index in [9.17, 15) is 0 Å². The van der Waals surface area contributed by atoms with Gasteiger partial charge in [-0.05, 0) is 52.7 Å². The highest BCUT2D eigenvalue weighted by molar-refractivity contribution is 9.11. The van der Waals surface area contributed by atoms with Crippen molar-refractivity contribution in [3.05, 3.63) is 57.2 Å². The van der Waals surface area contributed by atoms with Crippen molar-refractivity contribution in [2.75, 3.05) is 5.32 Å². The van der Waals surface area contributed by atoms with Gasteiger partial charge in [0.15, 0.2) is 0 Å². The molecular weight excluding hydrogens is 382 g/mol. The van der Waals surface area contributed by atoms with Crippen molar-refractivity contribution in [1.29, 1.82) is 0 Å². The average molecular weight is 395 g/mol. The molecule has 0 aliphatic carbocycles.